The summed E-state index contributed by atoms with van der Waals surface area (Å²) in [6.45, 7) is 1.94. The second kappa shape index (κ2) is 6.32. The number of hydrogen-bond acceptors (Lipinski definition) is 4. The van der Waals surface area contributed by atoms with Crippen LogP contribution in [0.1, 0.15) is 17.6 Å². The Morgan fingerprint density at radius 3 is 2.91 bits per heavy atom. The molecule has 0 aliphatic heterocycles. The maximum Gasteiger partial charge on any atom is 0.282 e. The van der Waals surface area contributed by atoms with Gasteiger partial charge in [0.15, 0.2) is 0 Å². The van der Waals surface area contributed by atoms with Crippen LogP contribution >= 0.6 is 38.9 Å². The number of halogens is 2. The van der Waals surface area contributed by atoms with E-state index in [0.717, 1.165) is 9.35 Å². The topological polar surface area (TPSA) is 47.2 Å². The van der Waals surface area contributed by atoms with Crippen molar-refractivity contribution >= 4 is 56.0 Å². The van der Waals surface area contributed by atoms with Crippen molar-refractivity contribution in [1.82, 2.24) is 9.66 Å². The lowest BCUT2D eigenvalue weighted by Crippen LogP contribution is -2.22. The van der Waals surface area contributed by atoms with Crippen molar-refractivity contribution in [3.8, 4) is 0 Å². The molecule has 3 rings (SSSR count). The van der Waals surface area contributed by atoms with E-state index >= 15 is 0 Å². The number of thiophene rings is 1. The average Bonchev–Trinajstić information content (AvgIpc) is 2.92. The van der Waals surface area contributed by atoms with Crippen LogP contribution in [0, 0.1) is 0 Å². The van der Waals surface area contributed by atoms with Gasteiger partial charge in [-0.25, -0.2) is 4.98 Å². The van der Waals surface area contributed by atoms with E-state index in [4.69, 9.17) is 11.6 Å². The lowest BCUT2D eigenvalue weighted by atomic mass is 10.2. The fraction of sp³-hybridized carbons (Fsp3) is 0.133. The summed E-state index contributed by atoms with van der Waals surface area (Å²) in [5.74, 6) is 0.624. The van der Waals surface area contributed by atoms with E-state index in [-0.39, 0.29) is 5.56 Å². The molecule has 0 saturated carbocycles. The molecule has 0 spiro atoms. The summed E-state index contributed by atoms with van der Waals surface area (Å²) in [4.78, 5) is 18.1. The van der Waals surface area contributed by atoms with E-state index in [1.54, 1.807) is 18.3 Å². The van der Waals surface area contributed by atoms with Crippen LogP contribution in [0.5, 0.6) is 0 Å². The maximum absolute atomic E-state index is 12.7. The number of hydrogen-bond donors (Lipinski definition) is 0. The van der Waals surface area contributed by atoms with Gasteiger partial charge in [-0.3, -0.25) is 4.79 Å². The summed E-state index contributed by atoms with van der Waals surface area (Å²) >= 11 is 10.7. The first kappa shape index (κ1) is 15.4. The summed E-state index contributed by atoms with van der Waals surface area (Å²) in [6, 6.07) is 9.12. The molecular formula is C15H11BrClN3OS. The Morgan fingerprint density at radius 2 is 2.23 bits per heavy atom. The Hall–Kier alpha value is -1.50. The highest BCUT2D eigenvalue weighted by molar-refractivity contribution is 9.10. The summed E-state index contributed by atoms with van der Waals surface area (Å²) in [6.07, 6.45) is 2.24. The Balaban J connectivity index is 2.17. The SMILES string of the molecule is CCc1nc2ccc(Br)cc2c(=O)n1N=Cc1ccc(Cl)s1. The molecule has 0 unspecified atom stereocenters. The Kier molecular flexibility index (Phi) is 4.42. The van der Waals surface area contributed by atoms with Crippen molar-refractivity contribution in [3.63, 3.8) is 0 Å². The van der Waals surface area contributed by atoms with E-state index in [1.807, 2.05) is 25.1 Å². The average molecular weight is 397 g/mol. The van der Waals surface area contributed by atoms with Crippen molar-refractivity contribution in [2.24, 2.45) is 5.10 Å². The molecule has 0 aliphatic rings. The molecular weight excluding hydrogens is 386 g/mol. The van der Waals surface area contributed by atoms with Gasteiger partial charge in [0.1, 0.15) is 5.82 Å². The Morgan fingerprint density at radius 1 is 1.41 bits per heavy atom. The number of fused-ring (bicyclic) bond motifs is 1. The molecule has 2 aromatic heterocycles. The van der Waals surface area contributed by atoms with Crippen molar-refractivity contribution in [2.45, 2.75) is 13.3 Å². The molecule has 0 N–H and O–H groups in total. The lowest BCUT2D eigenvalue weighted by molar-refractivity contribution is 0.735. The van der Waals surface area contributed by atoms with Crippen LogP contribution in [0.25, 0.3) is 10.9 Å². The minimum Gasteiger partial charge on any atom is -0.267 e. The molecule has 1 aromatic carbocycles. The molecule has 0 radical (unpaired) electrons. The highest BCUT2D eigenvalue weighted by Gasteiger charge is 2.09. The zero-order valence-electron chi connectivity index (χ0n) is 11.6. The van der Waals surface area contributed by atoms with Gasteiger partial charge in [0.25, 0.3) is 5.56 Å². The fourth-order valence-electron chi connectivity index (χ4n) is 2.05. The normalized spacial score (nSPS) is 11.6. The number of aromatic nitrogens is 2. The van der Waals surface area contributed by atoms with Gasteiger partial charge in [0.2, 0.25) is 0 Å². The zero-order chi connectivity index (χ0) is 15.7. The first-order valence-corrected chi connectivity index (χ1v) is 8.58. The molecule has 0 fully saturated rings. The molecule has 0 bridgehead atoms. The van der Waals surface area contributed by atoms with Crippen LogP contribution in [0.15, 0.2) is 44.7 Å². The van der Waals surface area contributed by atoms with Crippen LogP contribution in [-0.2, 0) is 6.42 Å². The van der Waals surface area contributed by atoms with E-state index < -0.39 is 0 Å². The van der Waals surface area contributed by atoms with Gasteiger partial charge in [0, 0.05) is 15.8 Å². The van der Waals surface area contributed by atoms with Crippen molar-refractivity contribution in [2.75, 3.05) is 0 Å². The van der Waals surface area contributed by atoms with E-state index in [2.05, 4.69) is 26.0 Å². The van der Waals surface area contributed by atoms with Crippen molar-refractivity contribution < 1.29 is 0 Å². The Labute approximate surface area is 144 Å². The molecule has 3 aromatic rings. The van der Waals surface area contributed by atoms with E-state index in [0.29, 0.717) is 27.5 Å². The van der Waals surface area contributed by atoms with Crippen molar-refractivity contribution in [1.29, 1.82) is 0 Å². The second-order valence-corrected chi connectivity index (χ2v) is 7.21. The quantitative estimate of drug-likeness (QED) is 0.619. The third-order valence-corrected chi connectivity index (χ3v) is 4.75. The monoisotopic (exact) mass is 395 g/mol. The second-order valence-electron chi connectivity index (χ2n) is 4.55. The van der Waals surface area contributed by atoms with Gasteiger partial charge in [-0.2, -0.15) is 9.78 Å². The Bertz CT molecular complexity index is 932. The third-order valence-electron chi connectivity index (χ3n) is 3.09. The third kappa shape index (κ3) is 2.99. The van der Waals surface area contributed by atoms with Crippen LogP contribution in [0.2, 0.25) is 4.34 Å². The molecule has 2 heterocycles. The van der Waals surface area contributed by atoms with E-state index in [9.17, 15) is 4.79 Å². The molecule has 0 saturated heterocycles. The van der Waals surface area contributed by atoms with Gasteiger partial charge in [0.05, 0.1) is 21.5 Å². The zero-order valence-corrected chi connectivity index (χ0v) is 14.7. The smallest absolute Gasteiger partial charge is 0.267 e. The maximum atomic E-state index is 12.7. The molecule has 0 aliphatic carbocycles. The molecule has 112 valence electrons. The summed E-state index contributed by atoms with van der Waals surface area (Å²) < 4.78 is 2.87. The van der Waals surface area contributed by atoms with Crippen LogP contribution < -0.4 is 5.56 Å². The predicted molar refractivity (Wildman–Crippen MR) is 95.4 cm³/mol. The van der Waals surface area contributed by atoms with Gasteiger partial charge in [-0.05, 0) is 30.3 Å². The minimum atomic E-state index is -0.179. The number of benzene rings is 1. The molecule has 0 amide bonds. The summed E-state index contributed by atoms with van der Waals surface area (Å²) in [5.41, 5.74) is 0.498. The molecule has 7 heteroatoms. The highest BCUT2D eigenvalue weighted by Crippen LogP contribution is 2.20. The fourth-order valence-corrected chi connectivity index (χ4v) is 3.34. The van der Waals surface area contributed by atoms with Crippen molar-refractivity contribution in [3.05, 3.63) is 60.2 Å². The lowest BCUT2D eigenvalue weighted by Gasteiger charge is -2.07. The van der Waals surface area contributed by atoms with Gasteiger partial charge in [-0.1, -0.05) is 34.5 Å². The number of rotatable bonds is 3. The largest absolute Gasteiger partial charge is 0.282 e. The van der Waals surface area contributed by atoms with Gasteiger partial charge < -0.3 is 0 Å². The molecule has 4 nitrogen and oxygen atoms in total. The summed E-state index contributed by atoms with van der Waals surface area (Å²) in [5, 5.41) is 4.83. The van der Waals surface area contributed by atoms with Crippen LogP contribution in [0.4, 0.5) is 0 Å². The highest BCUT2D eigenvalue weighted by atomic mass is 79.9. The standard InChI is InChI=1S/C15H11BrClN3OS/c1-2-14-19-12-5-3-9(16)7-11(12)15(21)20(14)18-8-10-4-6-13(17)22-10/h3-8H,2H2,1H3. The molecule has 0 atom stereocenters. The molecule has 22 heavy (non-hydrogen) atoms. The first-order valence-electron chi connectivity index (χ1n) is 6.59. The van der Waals surface area contributed by atoms with Gasteiger partial charge in [-0.15, -0.1) is 11.3 Å². The van der Waals surface area contributed by atoms with Crippen LogP contribution in [-0.4, -0.2) is 15.9 Å². The van der Waals surface area contributed by atoms with E-state index in [1.165, 1.54) is 16.0 Å². The predicted octanol–water partition coefficient (Wildman–Crippen LogP) is 4.32. The first-order chi connectivity index (χ1) is 10.6. The van der Waals surface area contributed by atoms with Crippen LogP contribution in [0.3, 0.4) is 0 Å². The number of aryl methyl sites for hydroxylation is 1. The minimum absolute atomic E-state index is 0.179. The van der Waals surface area contributed by atoms with Gasteiger partial charge >= 0.3 is 0 Å². The number of nitrogens with zero attached hydrogens (tertiary/aromatic N) is 3. The summed E-state index contributed by atoms with van der Waals surface area (Å²) in [7, 11) is 0.